The van der Waals surface area contributed by atoms with Gasteiger partial charge in [0, 0.05) is 12.8 Å². The van der Waals surface area contributed by atoms with Gasteiger partial charge in [0.05, 0.1) is 6.26 Å². The summed E-state index contributed by atoms with van der Waals surface area (Å²) in [7, 11) is 0. The third-order valence-corrected chi connectivity index (χ3v) is 12.8. The van der Waals surface area contributed by atoms with Gasteiger partial charge in [-0.15, -0.1) is 0 Å². The summed E-state index contributed by atoms with van der Waals surface area (Å²) in [5, 5.41) is 11.9. The Morgan fingerprint density at radius 1 is 0.932 bits per heavy atom. The maximum atomic E-state index is 12.7. The first-order valence-electron chi connectivity index (χ1n) is 19.0. The molecule has 1 heterocycles. The summed E-state index contributed by atoms with van der Waals surface area (Å²) in [6.07, 6.45) is 35.2. The predicted molar refractivity (Wildman–Crippen MR) is 180 cm³/mol. The van der Waals surface area contributed by atoms with Gasteiger partial charge in [-0.25, -0.2) is 0 Å². The van der Waals surface area contributed by atoms with Crippen molar-refractivity contribution in [1.82, 2.24) is 0 Å². The molecule has 44 heavy (non-hydrogen) atoms. The maximum absolute atomic E-state index is 12.7. The minimum Gasteiger partial charge on any atom is -0.469 e. The Morgan fingerprint density at radius 3 is 2.34 bits per heavy atom. The highest BCUT2D eigenvalue weighted by atomic mass is 16.5. The van der Waals surface area contributed by atoms with Crippen molar-refractivity contribution in [1.29, 1.82) is 0 Å². The quantitative estimate of drug-likeness (QED) is 0.0964. The van der Waals surface area contributed by atoms with Crippen LogP contribution in [0.2, 0.25) is 0 Å². The molecule has 0 aliphatic heterocycles. The van der Waals surface area contributed by atoms with Gasteiger partial charge >= 0.3 is 5.97 Å². The SMILES string of the molecule is CCCCCCCCCC/C=C\CCCCCCCC(=O)OC[C@@]1(O)C[C@@]23CC[C@@H]4c5ccoc5CC[C@@]4(C)[C@@H]2CC[C@@H]1C3. The van der Waals surface area contributed by atoms with E-state index >= 15 is 0 Å². The molecule has 2 bridgehead atoms. The molecule has 0 unspecified atom stereocenters. The largest absolute Gasteiger partial charge is 0.469 e. The van der Waals surface area contributed by atoms with E-state index in [0.717, 1.165) is 38.5 Å². The molecule has 1 aromatic rings. The average molecular weight is 609 g/mol. The van der Waals surface area contributed by atoms with Gasteiger partial charge in [0.15, 0.2) is 0 Å². The molecular weight excluding hydrogens is 544 g/mol. The lowest BCUT2D eigenvalue weighted by molar-refractivity contribution is -0.154. The van der Waals surface area contributed by atoms with Gasteiger partial charge in [0.1, 0.15) is 18.0 Å². The minimum absolute atomic E-state index is 0.117. The van der Waals surface area contributed by atoms with E-state index in [2.05, 4.69) is 32.1 Å². The monoisotopic (exact) mass is 608 g/mol. The molecular formula is C40H64O4. The van der Waals surface area contributed by atoms with Crippen LogP contribution in [-0.2, 0) is 16.0 Å². The molecule has 5 rings (SSSR count). The van der Waals surface area contributed by atoms with E-state index in [0.29, 0.717) is 18.3 Å². The zero-order chi connectivity index (χ0) is 30.9. The highest BCUT2D eigenvalue weighted by Crippen LogP contribution is 2.72. The van der Waals surface area contributed by atoms with Gasteiger partial charge in [-0.05, 0) is 117 Å². The van der Waals surface area contributed by atoms with Gasteiger partial charge in [0.25, 0.3) is 0 Å². The van der Waals surface area contributed by atoms with Crippen LogP contribution in [0.1, 0.15) is 179 Å². The van der Waals surface area contributed by atoms with E-state index in [4.69, 9.17) is 9.15 Å². The molecule has 6 atom stereocenters. The Labute approximate surface area is 269 Å². The van der Waals surface area contributed by atoms with Crippen LogP contribution in [-0.4, -0.2) is 23.3 Å². The van der Waals surface area contributed by atoms with Crippen molar-refractivity contribution in [3.8, 4) is 0 Å². The summed E-state index contributed by atoms with van der Waals surface area (Å²) in [5.41, 5.74) is 1.11. The third kappa shape index (κ3) is 7.87. The van der Waals surface area contributed by atoms with Crippen LogP contribution in [0.25, 0.3) is 0 Å². The Hall–Kier alpha value is -1.55. The number of allylic oxidation sites excluding steroid dienone is 2. The second-order valence-corrected chi connectivity index (χ2v) is 15.8. The Kier molecular flexibility index (Phi) is 12.2. The average Bonchev–Trinajstić information content (AvgIpc) is 3.57. The third-order valence-electron chi connectivity index (χ3n) is 12.8. The van der Waals surface area contributed by atoms with Crippen LogP contribution in [0.3, 0.4) is 0 Å². The normalized spacial score (nSPS) is 32.4. The van der Waals surface area contributed by atoms with E-state index in [1.54, 1.807) is 0 Å². The molecule has 1 aromatic heterocycles. The smallest absolute Gasteiger partial charge is 0.305 e. The molecule has 4 aliphatic carbocycles. The van der Waals surface area contributed by atoms with Crippen LogP contribution >= 0.6 is 0 Å². The van der Waals surface area contributed by atoms with Crippen LogP contribution in [0.4, 0.5) is 0 Å². The molecule has 3 saturated carbocycles. The van der Waals surface area contributed by atoms with Crippen LogP contribution in [0, 0.1) is 22.7 Å². The molecule has 0 radical (unpaired) electrons. The minimum atomic E-state index is -0.842. The number of furan rings is 1. The second-order valence-electron chi connectivity index (χ2n) is 15.8. The van der Waals surface area contributed by atoms with Gasteiger partial charge in [0.2, 0.25) is 0 Å². The first kappa shape index (κ1) is 33.8. The van der Waals surface area contributed by atoms with Gasteiger partial charge in [-0.2, -0.15) is 0 Å². The number of esters is 1. The number of carbonyl (C=O) groups is 1. The molecule has 1 N–H and O–H groups in total. The van der Waals surface area contributed by atoms with E-state index in [1.165, 1.54) is 120 Å². The first-order chi connectivity index (χ1) is 21.4. The van der Waals surface area contributed by atoms with E-state index in [1.807, 2.05) is 6.26 Å². The first-order valence-corrected chi connectivity index (χ1v) is 19.0. The summed E-state index contributed by atoms with van der Waals surface area (Å²) < 4.78 is 11.6. The zero-order valence-electron chi connectivity index (χ0n) is 28.4. The number of ether oxygens (including phenoxy) is 1. The lowest BCUT2D eigenvalue weighted by Gasteiger charge is -2.59. The lowest BCUT2D eigenvalue weighted by Crippen LogP contribution is -2.51. The van der Waals surface area contributed by atoms with Gasteiger partial charge in [-0.1, -0.05) is 90.2 Å². The Balaban J connectivity index is 0.925. The van der Waals surface area contributed by atoms with Crippen LogP contribution < -0.4 is 0 Å². The molecule has 3 fully saturated rings. The Bertz CT molecular complexity index is 1060. The molecule has 0 saturated heterocycles. The van der Waals surface area contributed by atoms with Crippen molar-refractivity contribution in [2.24, 2.45) is 22.7 Å². The summed E-state index contributed by atoms with van der Waals surface area (Å²) in [5.74, 6) is 2.60. The fraction of sp³-hybridized carbons (Fsp3) is 0.825. The van der Waals surface area contributed by atoms with Crippen molar-refractivity contribution >= 4 is 5.97 Å². The number of fused-ring (bicyclic) bond motifs is 5. The highest BCUT2D eigenvalue weighted by molar-refractivity contribution is 5.69. The summed E-state index contributed by atoms with van der Waals surface area (Å²) in [6.45, 7) is 5.01. The van der Waals surface area contributed by atoms with Crippen molar-refractivity contribution in [2.75, 3.05) is 6.61 Å². The lowest BCUT2D eigenvalue weighted by atomic mass is 9.45. The second kappa shape index (κ2) is 15.8. The highest BCUT2D eigenvalue weighted by Gasteiger charge is 2.66. The van der Waals surface area contributed by atoms with Crippen molar-refractivity contribution in [3.05, 3.63) is 35.8 Å². The molecule has 0 aromatic carbocycles. The number of unbranched alkanes of at least 4 members (excludes halogenated alkanes) is 13. The molecule has 4 aliphatic rings. The fourth-order valence-electron chi connectivity index (χ4n) is 10.5. The summed E-state index contributed by atoms with van der Waals surface area (Å²) in [4.78, 5) is 12.7. The van der Waals surface area contributed by atoms with Crippen molar-refractivity contribution in [2.45, 2.75) is 179 Å². The Morgan fingerprint density at radius 2 is 1.61 bits per heavy atom. The molecule has 248 valence electrons. The van der Waals surface area contributed by atoms with Crippen molar-refractivity contribution in [3.63, 3.8) is 0 Å². The molecule has 1 spiro atoms. The van der Waals surface area contributed by atoms with Crippen LogP contribution in [0.15, 0.2) is 28.9 Å². The number of aryl methyl sites for hydroxylation is 1. The number of carbonyl (C=O) groups excluding carboxylic acids is 1. The van der Waals surface area contributed by atoms with E-state index in [-0.39, 0.29) is 29.3 Å². The maximum Gasteiger partial charge on any atom is 0.305 e. The van der Waals surface area contributed by atoms with Gasteiger partial charge < -0.3 is 14.3 Å². The van der Waals surface area contributed by atoms with Crippen LogP contribution in [0.5, 0.6) is 0 Å². The topological polar surface area (TPSA) is 59.7 Å². The molecule has 4 nitrogen and oxygen atoms in total. The van der Waals surface area contributed by atoms with Gasteiger partial charge in [-0.3, -0.25) is 4.79 Å². The van der Waals surface area contributed by atoms with E-state index < -0.39 is 5.60 Å². The standard InChI is InChI=1S/C40H64O4/c1-3-4-5-6-7-8-9-10-11-12-13-14-15-16-17-18-19-20-37(41)44-31-40(42)30-39-27-23-34-33-25-28-43-35(33)24-26-38(34,2)36(39)22-21-32(40)29-39/h12-13,25,28,32,34,36,42H,3-11,14-24,26-27,29-31H2,1-2H3/b13-12-/t32-,34-,36+,38-,39+,40+/m1/s1. The van der Waals surface area contributed by atoms with E-state index in [9.17, 15) is 9.90 Å². The number of rotatable bonds is 19. The predicted octanol–water partition coefficient (Wildman–Crippen LogP) is 11.0. The number of aliphatic hydroxyl groups is 1. The molecule has 4 heteroatoms. The van der Waals surface area contributed by atoms with Crippen molar-refractivity contribution < 1.29 is 19.1 Å². The number of hydrogen-bond donors (Lipinski definition) is 1. The summed E-state index contributed by atoms with van der Waals surface area (Å²) in [6, 6.07) is 2.22. The number of hydrogen-bond acceptors (Lipinski definition) is 4. The zero-order valence-corrected chi connectivity index (χ0v) is 28.4. The summed E-state index contributed by atoms with van der Waals surface area (Å²) >= 11 is 0. The fourth-order valence-corrected chi connectivity index (χ4v) is 10.5. The molecule has 0 amide bonds.